The number of aliphatic imine (C=N–C) groups is 1. The van der Waals surface area contributed by atoms with Gasteiger partial charge in [-0.2, -0.15) is 0 Å². The number of hydrogen-bond donors (Lipinski definition) is 3. The molecule has 1 amide bonds. The van der Waals surface area contributed by atoms with Gasteiger partial charge >= 0.3 is 0 Å². The molecule has 1 aliphatic rings. The molecule has 0 radical (unpaired) electrons. The van der Waals surface area contributed by atoms with Gasteiger partial charge in [0.2, 0.25) is 5.91 Å². The minimum atomic E-state index is 0.0545. The molecule has 0 aromatic heterocycles. The molecule has 1 aliphatic heterocycles. The molecule has 0 atom stereocenters. The van der Waals surface area contributed by atoms with E-state index in [1.165, 1.54) is 0 Å². The summed E-state index contributed by atoms with van der Waals surface area (Å²) in [6.45, 7) is 9.07. The molecule has 128 valence electrons. The van der Waals surface area contributed by atoms with Gasteiger partial charge in [0, 0.05) is 31.6 Å². The summed E-state index contributed by atoms with van der Waals surface area (Å²) in [5.74, 6) is 1.23. The maximum atomic E-state index is 12.4. The maximum absolute atomic E-state index is 12.4. The van der Waals surface area contributed by atoms with Crippen molar-refractivity contribution in [1.29, 1.82) is 0 Å². The summed E-state index contributed by atoms with van der Waals surface area (Å²) in [4.78, 5) is 18.7. The molecule has 0 saturated carbocycles. The highest BCUT2D eigenvalue weighted by atomic mass is 16.3. The summed E-state index contributed by atoms with van der Waals surface area (Å²) >= 11 is 0. The third-order valence-corrected chi connectivity index (χ3v) is 4.20. The van der Waals surface area contributed by atoms with Crippen molar-refractivity contribution in [3.8, 4) is 0 Å². The molecule has 0 aromatic carbocycles. The van der Waals surface area contributed by atoms with E-state index in [2.05, 4.69) is 29.5 Å². The Balaban J connectivity index is 2.45. The highest BCUT2D eigenvalue weighted by Gasteiger charge is 2.26. The predicted molar refractivity (Wildman–Crippen MR) is 89.9 cm³/mol. The van der Waals surface area contributed by atoms with Crippen LogP contribution in [0.5, 0.6) is 0 Å². The van der Waals surface area contributed by atoms with Crippen LogP contribution in [0.25, 0.3) is 0 Å². The van der Waals surface area contributed by atoms with Gasteiger partial charge in [-0.05, 0) is 32.6 Å². The van der Waals surface area contributed by atoms with E-state index in [9.17, 15) is 4.79 Å². The number of guanidine groups is 1. The topological polar surface area (TPSA) is 77.0 Å². The fourth-order valence-electron chi connectivity index (χ4n) is 2.82. The SMILES string of the molecule is CCNC(=NCCO)NC1CCN(C(=O)C(CC)CC)CC1. The lowest BCUT2D eigenvalue weighted by molar-refractivity contribution is -0.136. The Bertz CT molecular complexity index is 348. The largest absolute Gasteiger partial charge is 0.394 e. The van der Waals surface area contributed by atoms with Crippen molar-refractivity contribution in [2.24, 2.45) is 10.9 Å². The lowest BCUT2D eigenvalue weighted by atomic mass is 9.98. The van der Waals surface area contributed by atoms with Crippen LogP contribution in [0.2, 0.25) is 0 Å². The normalized spacial score (nSPS) is 17.0. The Morgan fingerprint density at radius 1 is 1.27 bits per heavy atom. The van der Waals surface area contributed by atoms with Crippen LogP contribution in [0.3, 0.4) is 0 Å². The van der Waals surface area contributed by atoms with Crippen molar-refractivity contribution in [3.05, 3.63) is 0 Å². The molecule has 0 unspecified atom stereocenters. The minimum Gasteiger partial charge on any atom is -0.394 e. The monoisotopic (exact) mass is 312 g/mol. The van der Waals surface area contributed by atoms with Gasteiger partial charge in [-0.1, -0.05) is 13.8 Å². The molecule has 6 heteroatoms. The van der Waals surface area contributed by atoms with Crippen LogP contribution in [0.15, 0.2) is 4.99 Å². The number of carbonyl (C=O) groups is 1. The Morgan fingerprint density at radius 2 is 1.91 bits per heavy atom. The first-order valence-electron chi connectivity index (χ1n) is 8.60. The van der Waals surface area contributed by atoms with Gasteiger partial charge in [0.15, 0.2) is 5.96 Å². The first-order valence-corrected chi connectivity index (χ1v) is 8.60. The van der Waals surface area contributed by atoms with Crippen molar-refractivity contribution in [2.45, 2.75) is 52.5 Å². The minimum absolute atomic E-state index is 0.0545. The fourth-order valence-corrected chi connectivity index (χ4v) is 2.82. The van der Waals surface area contributed by atoms with Gasteiger partial charge in [-0.15, -0.1) is 0 Å². The second-order valence-corrected chi connectivity index (χ2v) is 5.74. The number of hydrogen-bond acceptors (Lipinski definition) is 3. The molecule has 1 fully saturated rings. The maximum Gasteiger partial charge on any atom is 0.225 e. The van der Waals surface area contributed by atoms with Crippen molar-refractivity contribution in [1.82, 2.24) is 15.5 Å². The van der Waals surface area contributed by atoms with E-state index in [1.807, 2.05) is 11.8 Å². The van der Waals surface area contributed by atoms with E-state index in [-0.39, 0.29) is 12.5 Å². The highest BCUT2D eigenvalue weighted by Crippen LogP contribution is 2.17. The zero-order valence-corrected chi connectivity index (χ0v) is 14.3. The molecule has 3 N–H and O–H groups in total. The summed E-state index contributed by atoms with van der Waals surface area (Å²) in [6.07, 6.45) is 3.72. The van der Waals surface area contributed by atoms with Crippen LogP contribution >= 0.6 is 0 Å². The Morgan fingerprint density at radius 3 is 2.41 bits per heavy atom. The number of nitrogens with zero attached hydrogens (tertiary/aromatic N) is 2. The molecule has 1 heterocycles. The van der Waals surface area contributed by atoms with Crippen molar-refractivity contribution < 1.29 is 9.90 Å². The zero-order chi connectivity index (χ0) is 16.4. The van der Waals surface area contributed by atoms with E-state index < -0.39 is 0 Å². The number of piperidine rings is 1. The summed E-state index contributed by atoms with van der Waals surface area (Å²) < 4.78 is 0. The van der Waals surface area contributed by atoms with Gasteiger partial charge in [0.05, 0.1) is 13.2 Å². The second-order valence-electron chi connectivity index (χ2n) is 5.74. The molecule has 1 saturated heterocycles. The highest BCUT2D eigenvalue weighted by molar-refractivity contribution is 5.80. The third-order valence-electron chi connectivity index (χ3n) is 4.20. The summed E-state index contributed by atoms with van der Waals surface area (Å²) in [5.41, 5.74) is 0. The zero-order valence-electron chi connectivity index (χ0n) is 14.3. The molecule has 0 aromatic rings. The number of aliphatic hydroxyl groups excluding tert-OH is 1. The first-order chi connectivity index (χ1) is 10.7. The van der Waals surface area contributed by atoms with Crippen LogP contribution in [0.4, 0.5) is 0 Å². The van der Waals surface area contributed by atoms with Gasteiger partial charge in [0.25, 0.3) is 0 Å². The van der Waals surface area contributed by atoms with E-state index in [0.29, 0.717) is 18.5 Å². The van der Waals surface area contributed by atoms with E-state index in [4.69, 9.17) is 5.11 Å². The molecular weight excluding hydrogens is 280 g/mol. The van der Waals surface area contributed by atoms with Gasteiger partial charge in [-0.25, -0.2) is 0 Å². The summed E-state index contributed by atoms with van der Waals surface area (Å²) in [6, 6.07) is 0.335. The number of carbonyl (C=O) groups excluding carboxylic acids is 1. The van der Waals surface area contributed by atoms with Gasteiger partial charge in [-0.3, -0.25) is 9.79 Å². The molecule has 0 bridgehead atoms. The average molecular weight is 312 g/mol. The molecule has 0 spiro atoms. The molecule has 6 nitrogen and oxygen atoms in total. The smallest absolute Gasteiger partial charge is 0.225 e. The van der Waals surface area contributed by atoms with Crippen molar-refractivity contribution in [3.63, 3.8) is 0 Å². The predicted octanol–water partition coefficient (Wildman–Crippen LogP) is 0.961. The van der Waals surface area contributed by atoms with Crippen molar-refractivity contribution in [2.75, 3.05) is 32.8 Å². The molecule has 1 rings (SSSR count). The quantitative estimate of drug-likeness (QED) is 0.483. The van der Waals surface area contributed by atoms with Gasteiger partial charge in [0.1, 0.15) is 0 Å². The van der Waals surface area contributed by atoms with Crippen LogP contribution in [-0.2, 0) is 4.79 Å². The van der Waals surface area contributed by atoms with E-state index in [1.54, 1.807) is 0 Å². The average Bonchev–Trinajstić information content (AvgIpc) is 2.54. The Kier molecular flexibility index (Phi) is 8.89. The lowest BCUT2D eigenvalue weighted by Crippen LogP contribution is -2.50. The summed E-state index contributed by atoms with van der Waals surface area (Å²) in [5, 5.41) is 15.5. The number of rotatable bonds is 7. The van der Waals surface area contributed by atoms with Crippen LogP contribution in [0, 0.1) is 5.92 Å². The fraction of sp³-hybridized carbons (Fsp3) is 0.875. The van der Waals surface area contributed by atoms with E-state index >= 15 is 0 Å². The molecular formula is C16H32N4O2. The van der Waals surface area contributed by atoms with E-state index in [0.717, 1.165) is 51.3 Å². The Hall–Kier alpha value is -1.30. The lowest BCUT2D eigenvalue weighted by Gasteiger charge is -2.34. The number of nitrogens with one attached hydrogen (secondary N) is 2. The molecule has 0 aliphatic carbocycles. The van der Waals surface area contributed by atoms with Crippen molar-refractivity contribution >= 4 is 11.9 Å². The Labute approximate surface area is 134 Å². The van der Waals surface area contributed by atoms with Crippen LogP contribution < -0.4 is 10.6 Å². The number of aliphatic hydroxyl groups is 1. The third kappa shape index (κ3) is 5.83. The standard InChI is InChI=1S/C16H32N4O2/c1-4-13(5-2)15(22)20-10-7-14(8-11-20)19-16(17-6-3)18-9-12-21/h13-14,21H,4-12H2,1-3H3,(H2,17,18,19). The number of likely N-dealkylation sites (tertiary alicyclic amines) is 1. The van der Waals surface area contributed by atoms with Gasteiger partial charge < -0.3 is 20.6 Å². The number of amides is 1. The van der Waals surface area contributed by atoms with Crippen LogP contribution in [0.1, 0.15) is 46.5 Å². The second kappa shape index (κ2) is 10.4. The summed E-state index contributed by atoms with van der Waals surface area (Å²) in [7, 11) is 0. The molecule has 22 heavy (non-hydrogen) atoms. The first kappa shape index (κ1) is 18.7. The van der Waals surface area contributed by atoms with Crippen LogP contribution in [-0.4, -0.2) is 60.7 Å².